The molecule has 0 bridgehead atoms. The summed E-state index contributed by atoms with van der Waals surface area (Å²) in [5.74, 6) is -0.730. The van der Waals surface area contributed by atoms with Crippen molar-refractivity contribution in [1.29, 1.82) is 0 Å². The Hall–Kier alpha value is -1.93. The molecule has 0 aliphatic heterocycles. The van der Waals surface area contributed by atoms with Gasteiger partial charge in [0.05, 0.1) is 9.40 Å². The maximum Gasteiger partial charge on any atom is 0.342 e. The standard InChI is InChI=1S/C13H7Br2NO5/c14-7-1-4-12(10(15)5-7)21-8-2-3-11(16(19)20)9(6-8)13(17)18/h1-6H,(H,17,18). The third kappa shape index (κ3) is 3.59. The fraction of sp³-hybridized carbons (Fsp3) is 0. The van der Waals surface area contributed by atoms with E-state index in [0.717, 1.165) is 16.6 Å². The Balaban J connectivity index is 2.39. The topological polar surface area (TPSA) is 89.7 Å². The number of nitro groups is 1. The Bertz CT molecular complexity index is 732. The second-order valence-electron chi connectivity index (χ2n) is 3.92. The number of nitro benzene ring substituents is 1. The second kappa shape index (κ2) is 6.23. The molecule has 0 fully saturated rings. The zero-order valence-corrected chi connectivity index (χ0v) is 13.4. The van der Waals surface area contributed by atoms with E-state index in [4.69, 9.17) is 9.84 Å². The van der Waals surface area contributed by atoms with Crippen molar-refractivity contribution in [3.8, 4) is 11.5 Å². The molecule has 2 aromatic rings. The molecule has 0 aliphatic rings. The van der Waals surface area contributed by atoms with Gasteiger partial charge in [-0.3, -0.25) is 10.1 Å². The summed E-state index contributed by atoms with van der Waals surface area (Å²) in [7, 11) is 0. The summed E-state index contributed by atoms with van der Waals surface area (Å²) in [4.78, 5) is 21.1. The highest BCUT2D eigenvalue weighted by molar-refractivity contribution is 9.11. The molecule has 2 rings (SSSR count). The van der Waals surface area contributed by atoms with Crippen LogP contribution in [0, 0.1) is 10.1 Å². The lowest BCUT2D eigenvalue weighted by Crippen LogP contribution is -2.02. The fourth-order valence-corrected chi connectivity index (χ4v) is 2.72. The van der Waals surface area contributed by atoms with Gasteiger partial charge in [0.2, 0.25) is 0 Å². The molecule has 0 atom stereocenters. The van der Waals surface area contributed by atoms with Gasteiger partial charge in [0.15, 0.2) is 0 Å². The minimum absolute atomic E-state index is 0.195. The first-order valence-corrected chi connectivity index (χ1v) is 7.11. The summed E-state index contributed by atoms with van der Waals surface area (Å²) in [6.45, 7) is 0. The molecule has 8 heteroatoms. The molecular weight excluding hydrogens is 410 g/mol. The molecule has 0 saturated heterocycles. The average molecular weight is 417 g/mol. The highest BCUT2D eigenvalue weighted by Gasteiger charge is 2.20. The van der Waals surface area contributed by atoms with Gasteiger partial charge in [-0.1, -0.05) is 15.9 Å². The van der Waals surface area contributed by atoms with E-state index in [2.05, 4.69) is 31.9 Å². The van der Waals surface area contributed by atoms with Gasteiger partial charge < -0.3 is 9.84 Å². The number of carbonyl (C=O) groups is 1. The molecule has 0 aliphatic carbocycles. The number of halogens is 2. The summed E-state index contributed by atoms with van der Waals surface area (Å²) >= 11 is 6.61. The largest absolute Gasteiger partial charge is 0.477 e. The normalized spacial score (nSPS) is 10.2. The molecule has 0 saturated carbocycles. The quantitative estimate of drug-likeness (QED) is 0.580. The van der Waals surface area contributed by atoms with Crippen LogP contribution in [0.1, 0.15) is 10.4 Å². The van der Waals surface area contributed by atoms with E-state index in [0.29, 0.717) is 10.2 Å². The van der Waals surface area contributed by atoms with Crippen LogP contribution < -0.4 is 4.74 Å². The number of carboxylic acids is 1. The van der Waals surface area contributed by atoms with Gasteiger partial charge in [-0.15, -0.1) is 0 Å². The van der Waals surface area contributed by atoms with Gasteiger partial charge in [-0.2, -0.15) is 0 Å². The lowest BCUT2D eigenvalue weighted by molar-refractivity contribution is -0.385. The number of rotatable bonds is 4. The maximum atomic E-state index is 11.1. The van der Waals surface area contributed by atoms with Crippen LogP contribution in [0.25, 0.3) is 0 Å². The fourth-order valence-electron chi connectivity index (χ4n) is 1.59. The molecule has 1 N–H and O–H groups in total. The van der Waals surface area contributed by atoms with Crippen LogP contribution >= 0.6 is 31.9 Å². The van der Waals surface area contributed by atoms with Crippen molar-refractivity contribution in [2.45, 2.75) is 0 Å². The Morgan fingerprint density at radius 3 is 2.48 bits per heavy atom. The first-order chi connectivity index (χ1) is 9.88. The number of ether oxygens (including phenoxy) is 1. The second-order valence-corrected chi connectivity index (χ2v) is 5.69. The van der Waals surface area contributed by atoms with E-state index in [-0.39, 0.29) is 5.75 Å². The zero-order chi connectivity index (χ0) is 15.6. The van der Waals surface area contributed by atoms with Gasteiger partial charge in [0, 0.05) is 16.6 Å². The molecule has 21 heavy (non-hydrogen) atoms. The van der Waals surface area contributed by atoms with E-state index in [1.165, 1.54) is 6.07 Å². The third-order valence-corrected chi connectivity index (χ3v) is 3.63. The van der Waals surface area contributed by atoms with Crippen LogP contribution in [0.5, 0.6) is 11.5 Å². The van der Waals surface area contributed by atoms with Crippen molar-refractivity contribution in [2.75, 3.05) is 0 Å². The van der Waals surface area contributed by atoms with E-state index in [1.807, 2.05) is 0 Å². The monoisotopic (exact) mass is 415 g/mol. The van der Waals surface area contributed by atoms with Crippen LogP contribution in [0.2, 0.25) is 0 Å². The number of benzene rings is 2. The Morgan fingerprint density at radius 1 is 1.19 bits per heavy atom. The van der Waals surface area contributed by atoms with Crippen LogP contribution in [-0.2, 0) is 0 Å². The number of hydrogen-bond donors (Lipinski definition) is 1. The van der Waals surface area contributed by atoms with Crippen molar-refractivity contribution in [3.63, 3.8) is 0 Å². The summed E-state index contributed by atoms with van der Waals surface area (Å²) in [6.07, 6.45) is 0. The minimum Gasteiger partial charge on any atom is -0.477 e. The SMILES string of the molecule is O=C(O)c1cc(Oc2ccc(Br)cc2Br)ccc1[N+](=O)[O-]. The Morgan fingerprint density at radius 2 is 1.90 bits per heavy atom. The van der Waals surface area contributed by atoms with Gasteiger partial charge in [-0.05, 0) is 40.2 Å². The lowest BCUT2D eigenvalue weighted by atomic mass is 10.1. The number of hydrogen-bond acceptors (Lipinski definition) is 4. The first kappa shape index (κ1) is 15.5. The van der Waals surface area contributed by atoms with Gasteiger partial charge in [0.25, 0.3) is 5.69 Å². The molecular formula is C13H7Br2NO5. The molecule has 0 spiro atoms. The highest BCUT2D eigenvalue weighted by Crippen LogP contribution is 2.33. The molecule has 0 unspecified atom stereocenters. The van der Waals surface area contributed by atoms with Crippen LogP contribution in [-0.4, -0.2) is 16.0 Å². The van der Waals surface area contributed by atoms with E-state index in [9.17, 15) is 14.9 Å². The Kier molecular flexibility index (Phi) is 4.59. The van der Waals surface area contributed by atoms with E-state index >= 15 is 0 Å². The highest BCUT2D eigenvalue weighted by atomic mass is 79.9. The third-order valence-electron chi connectivity index (χ3n) is 2.52. The summed E-state index contributed by atoms with van der Waals surface area (Å²) in [5.41, 5.74) is -0.907. The Labute approximate surface area is 135 Å². The predicted molar refractivity (Wildman–Crippen MR) is 82.0 cm³/mol. The summed E-state index contributed by atoms with van der Waals surface area (Å²) in [5, 5.41) is 19.8. The molecule has 2 aromatic carbocycles. The van der Waals surface area contributed by atoms with Crippen LogP contribution in [0.4, 0.5) is 5.69 Å². The minimum atomic E-state index is -1.39. The molecule has 0 amide bonds. The zero-order valence-electron chi connectivity index (χ0n) is 10.2. The molecule has 0 radical (unpaired) electrons. The predicted octanol–water partition coefficient (Wildman–Crippen LogP) is 4.61. The van der Waals surface area contributed by atoms with Crippen LogP contribution in [0.3, 0.4) is 0 Å². The van der Waals surface area contributed by atoms with Crippen molar-refractivity contribution >= 4 is 43.5 Å². The van der Waals surface area contributed by atoms with Gasteiger partial charge in [0.1, 0.15) is 17.1 Å². The van der Waals surface area contributed by atoms with Crippen molar-refractivity contribution in [2.24, 2.45) is 0 Å². The number of nitrogens with zero attached hydrogens (tertiary/aromatic N) is 1. The van der Waals surface area contributed by atoms with Crippen molar-refractivity contribution in [1.82, 2.24) is 0 Å². The van der Waals surface area contributed by atoms with Crippen molar-refractivity contribution < 1.29 is 19.6 Å². The average Bonchev–Trinajstić information content (AvgIpc) is 2.41. The first-order valence-electron chi connectivity index (χ1n) is 5.53. The summed E-state index contributed by atoms with van der Waals surface area (Å²) in [6, 6.07) is 8.76. The number of aromatic carboxylic acids is 1. The van der Waals surface area contributed by atoms with E-state index in [1.54, 1.807) is 18.2 Å². The number of carboxylic acid groups (broad SMARTS) is 1. The summed E-state index contributed by atoms with van der Waals surface area (Å²) < 4.78 is 7.04. The lowest BCUT2D eigenvalue weighted by Gasteiger charge is -2.09. The molecule has 6 nitrogen and oxygen atoms in total. The maximum absolute atomic E-state index is 11.1. The molecule has 108 valence electrons. The van der Waals surface area contributed by atoms with Crippen LogP contribution in [0.15, 0.2) is 45.3 Å². The molecule has 0 heterocycles. The smallest absolute Gasteiger partial charge is 0.342 e. The molecule has 0 aromatic heterocycles. The van der Waals surface area contributed by atoms with Gasteiger partial charge >= 0.3 is 5.97 Å². The van der Waals surface area contributed by atoms with Crippen molar-refractivity contribution in [3.05, 3.63) is 61.0 Å². The van der Waals surface area contributed by atoms with E-state index < -0.39 is 22.1 Å². The van der Waals surface area contributed by atoms with Gasteiger partial charge in [-0.25, -0.2) is 4.79 Å².